The van der Waals surface area contributed by atoms with Gasteiger partial charge in [0.1, 0.15) is 11.5 Å². The van der Waals surface area contributed by atoms with Crippen LogP contribution in [0.15, 0.2) is 30.5 Å². The van der Waals surface area contributed by atoms with Crippen molar-refractivity contribution in [1.82, 2.24) is 4.98 Å². The molecule has 3 nitrogen and oxygen atoms in total. The molecule has 2 rings (SSSR count). The summed E-state index contributed by atoms with van der Waals surface area (Å²) >= 11 is 0. The van der Waals surface area contributed by atoms with Gasteiger partial charge < -0.3 is 10.5 Å². The Balaban J connectivity index is 2.25. The van der Waals surface area contributed by atoms with Gasteiger partial charge in [-0.05, 0) is 56.0 Å². The lowest BCUT2D eigenvalue weighted by molar-refractivity contribution is 0.471. The first-order chi connectivity index (χ1) is 9.52. The van der Waals surface area contributed by atoms with Gasteiger partial charge in [-0.1, -0.05) is 19.1 Å². The summed E-state index contributed by atoms with van der Waals surface area (Å²) in [6.07, 6.45) is 2.62. The summed E-state index contributed by atoms with van der Waals surface area (Å²) in [6, 6.07) is 8.04. The van der Waals surface area contributed by atoms with E-state index in [-0.39, 0.29) is 6.04 Å². The summed E-state index contributed by atoms with van der Waals surface area (Å²) in [6.45, 7) is 8.27. The van der Waals surface area contributed by atoms with Crippen molar-refractivity contribution in [2.45, 2.75) is 40.2 Å². The van der Waals surface area contributed by atoms with E-state index in [2.05, 4.69) is 44.8 Å². The number of nitrogens with zero attached hydrogens (tertiary/aromatic N) is 1. The first-order valence-electron chi connectivity index (χ1n) is 6.99. The van der Waals surface area contributed by atoms with Crippen LogP contribution in [0.2, 0.25) is 0 Å². The molecule has 1 heterocycles. The molecule has 0 spiro atoms. The van der Waals surface area contributed by atoms with Crippen molar-refractivity contribution < 1.29 is 4.74 Å². The molecule has 1 aromatic carbocycles. The van der Waals surface area contributed by atoms with Gasteiger partial charge in [-0.3, -0.25) is 4.98 Å². The van der Waals surface area contributed by atoms with Crippen LogP contribution < -0.4 is 10.5 Å². The number of nitrogens with two attached hydrogens (primary N) is 1. The Morgan fingerprint density at radius 2 is 1.80 bits per heavy atom. The van der Waals surface area contributed by atoms with Gasteiger partial charge in [-0.25, -0.2) is 0 Å². The maximum atomic E-state index is 5.99. The number of aryl methyl sites for hydroxylation is 2. The number of ether oxygens (including phenoxy) is 1. The van der Waals surface area contributed by atoms with Gasteiger partial charge in [-0.2, -0.15) is 0 Å². The van der Waals surface area contributed by atoms with Gasteiger partial charge in [0.05, 0.1) is 11.9 Å². The number of aromatic nitrogens is 1. The molecule has 2 aromatic rings. The number of pyridine rings is 1. The lowest BCUT2D eigenvalue weighted by Gasteiger charge is -2.14. The van der Waals surface area contributed by atoms with E-state index in [1.54, 1.807) is 6.20 Å². The van der Waals surface area contributed by atoms with E-state index in [1.165, 1.54) is 11.1 Å². The van der Waals surface area contributed by atoms with Crippen LogP contribution >= 0.6 is 0 Å². The van der Waals surface area contributed by atoms with Crippen molar-refractivity contribution in [1.29, 1.82) is 0 Å². The van der Waals surface area contributed by atoms with Crippen molar-refractivity contribution in [3.8, 4) is 11.5 Å². The minimum absolute atomic E-state index is 0.00788. The molecule has 106 valence electrons. The number of hydrogen-bond donors (Lipinski definition) is 1. The number of hydrogen-bond acceptors (Lipinski definition) is 3. The molecular formula is C17H22N2O. The molecule has 20 heavy (non-hydrogen) atoms. The first-order valence-corrected chi connectivity index (χ1v) is 6.99. The van der Waals surface area contributed by atoms with Gasteiger partial charge in [0.25, 0.3) is 0 Å². The highest BCUT2D eigenvalue weighted by atomic mass is 16.5. The minimum Gasteiger partial charge on any atom is -0.455 e. The Morgan fingerprint density at radius 3 is 2.40 bits per heavy atom. The SMILES string of the molecule is CC[C@@H](N)c1ccc(Oc2c(C)ccc(C)c2C)cn1. The summed E-state index contributed by atoms with van der Waals surface area (Å²) in [5.74, 6) is 1.66. The third-order valence-electron chi connectivity index (χ3n) is 3.67. The largest absolute Gasteiger partial charge is 0.455 e. The van der Waals surface area contributed by atoms with Crippen molar-refractivity contribution in [3.63, 3.8) is 0 Å². The molecule has 0 bridgehead atoms. The summed E-state index contributed by atoms with van der Waals surface area (Å²) in [5, 5.41) is 0. The highest BCUT2D eigenvalue weighted by Gasteiger charge is 2.09. The molecule has 0 aliphatic carbocycles. The summed E-state index contributed by atoms with van der Waals surface area (Å²) in [7, 11) is 0. The molecule has 0 aliphatic rings. The first kappa shape index (κ1) is 14.5. The fourth-order valence-corrected chi connectivity index (χ4v) is 2.08. The van der Waals surface area contributed by atoms with E-state index in [9.17, 15) is 0 Å². The number of rotatable bonds is 4. The molecule has 0 saturated heterocycles. The fourth-order valence-electron chi connectivity index (χ4n) is 2.08. The predicted molar refractivity (Wildman–Crippen MR) is 82.2 cm³/mol. The van der Waals surface area contributed by atoms with E-state index in [0.29, 0.717) is 0 Å². The molecule has 0 aliphatic heterocycles. The molecule has 0 amide bonds. The second kappa shape index (κ2) is 6.06. The second-order valence-electron chi connectivity index (χ2n) is 5.19. The Hall–Kier alpha value is -1.87. The van der Waals surface area contributed by atoms with Crippen molar-refractivity contribution in [2.75, 3.05) is 0 Å². The maximum absolute atomic E-state index is 5.99. The topological polar surface area (TPSA) is 48.1 Å². The minimum atomic E-state index is -0.00788. The quantitative estimate of drug-likeness (QED) is 0.905. The molecular weight excluding hydrogens is 248 g/mol. The highest BCUT2D eigenvalue weighted by molar-refractivity contribution is 5.46. The van der Waals surface area contributed by atoms with Gasteiger partial charge in [0.15, 0.2) is 0 Å². The lowest BCUT2D eigenvalue weighted by Crippen LogP contribution is -2.10. The average Bonchev–Trinajstić information content (AvgIpc) is 2.47. The van der Waals surface area contributed by atoms with E-state index in [4.69, 9.17) is 10.5 Å². The van der Waals surface area contributed by atoms with Crippen LogP contribution in [-0.2, 0) is 0 Å². The molecule has 3 heteroatoms. The van der Waals surface area contributed by atoms with Crippen LogP contribution in [0.25, 0.3) is 0 Å². The summed E-state index contributed by atoms with van der Waals surface area (Å²) in [5.41, 5.74) is 10.4. The zero-order chi connectivity index (χ0) is 14.7. The Morgan fingerprint density at radius 1 is 1.10 bits per heavy atom. The monoisotopic (exact) mass is 270 g/mol. The van der Waals surface area contributed by atoms with E-state index in [0.717, 1.165) is 29.2 Å². The molecule has 0 saturated carbocycles. The van der Waals surface area contributed by atoms with E-state index in [1.807, 2.05) is 12.1 Å². The van der Waals surface area contributed by atoms with Crippen LogP contribution in [0.3, 0.4) is 0 Å². The third-order valence-corrected chi connectivity index (χ3v) is 3.67. The molecule has 0 unspecified atom stereocenters. The highest BCUT2D eigenvalue weighted by Crippen LogP contribution is 2.30. The van der Waals surface area contributed by atoms with Crippen LogP contribution in [0.5, 0.6) is 11.5 Å². The smallest absolute Gasteiger partial charge is 0.145 e. The van der Waals surface area contributed by atoms with Gasteiger partial charge >= 0.3 is 0 Å². The maximum Gasteiger partial charge on any atom is 0.145 e. The normalized spacial score (nSPS) is 12.2. The zero-order valence-electron chi connectivity index (χ0n) is 12.6. The van der Waals surface area contributed by atoms with E-state index >= 15 is 0 Å². The Kier molecular flexibility index (Phi) is 4.40. The van der Waals surface area contributed by atoms with Crippen molar-refractivity contribution in [3.05, 3.63) is 52.8 Å². The molecule has 0 fully saturated rings. The predicted octanol–water partition coefficient (Wildman–Crippen LogP) is 4.21. The summed E-state index contributed by atoms with van der Waals surface area (Å²) in [4.78, 5) is 4.38. The molecule has 1 atom stereocenters. The van der Waals surface area contributed by atoms with Crippen molar-refractivity contribution in [2.24, 2.45) is 5.73 Å². The van der Waals surface area contributed by atoms with Gasteiger partial charge in [-0.15, -0.1) is 0 Å². The van der Waals surface area contributed by atoms with E-state index < -0.39 is 0 Å². The van der Waals surface area contributed by atoms with Crippen LogP contribution in [0, 0.1) is 20.8 Å². The second-order valence-corrected chi connectivity index (χ2v) is 5.19. The standard InChI is InChI=1S/C17H22N2O/c1-5-15(18)16-9-8-14(10-19-16)20-17-12(3)7-6-11(2)13(17)4/h6-10,15H,5,18H2,1-4H3/t15-/m1/s1. The van der Waals surface area contributed by atoms with Crippen LogP contribution in [0.1, 0.15) is 41.8 Å². The third kappa shape index (κ3) is 2.99. The summed E-state index contributed by atoms with van der Waals surface area (Å²) < 4.78 is 5.99. The van der Waals surface area contributed by atoms with Gasteiger partial charge in [0.2, 0.25) is 0 Å². The Bertz CT molecular complexity index is 591. The lowest BCUT2D eigenvalue weighted by atomic mass is 10.1. The molecule has 1 aromatic heterocycles. The molecule has 0 radical (unpaired) electrons. The van der Waals surface area contributed by atoms with Gasteiger partial charge in [0, 0.05) is 6.04 Å². The van der Waals surface area contributed by atoms with Crippen molar-refractivity contribution >= 4 is 0 Å². The van der Waals surface area contributed by atoms with Crippen LogP contribution in [0.4, 0.5) is 0 Å². The average molecular weight is 270 g/mol. The number of benzene rings is 1. The fraction of sp³-hybridized carbons (Fsp3) is 0.353. The van der Waals surface area contributed by atoms with Crippen LogP contribution in [-0.4, -0.2) is 4.98 Å². The molecule has 2 N–H and O–H groups in total. The zero-order valence-corrected chi connectivity index (χ0v) is 12.6. The Labute approximate surface area is 120 Å².